The summed E-state index contributed by atoms with van der Waals surface area (Å²) < 4.78 is 7.32. The number of imidazole rings is 1. The average molecular weight is 826 g/mol. The Balaban J connectivity index is 1.09. The zero-order valence-corrected chi connectivity index (χ0v) is 35.4. The van der Waals surface area contributed by atoms with Crippen molar-refractivity contribution in [2.24, 2.45) is 4.99 Å². The Hall–Kier alpha value is -7.98. The molecule has 1 aliphatic carbocycles. The molecular formula is C57H39N5S. The molecule has 0 amide bonds. The molecule has 0 bridgehead atoms. The first-order valence-corrected chi connectivity index (χ1v) is 22.2. The molecule has 1 aliphatic rings. The van der Waals surface area contributed by atoms with E-state index in [4.69, 9.17) is 9.98 Å². The monoisotopic (exact) mass is 825 g/mol. The quantitative estimate of drug-likeness (QED) is 0.126. The van der Waals surface area contributed by atoms with Crippen molar-refractivity contribution >= 4 is 105 Å². The second-order valence-electron chi connectivity index (χ2n) is 16.0. The third-order valence-electron chi connectivity index (χ3n) is 12.3. The summed E-state index contributed by atoms with van der Waals surface area (Å²) in [5.74, 6) is 0.849. The van der Waals surface area contributed by atoms with E-state index in [9.17, 15) is 0 Å². The number of benzene rings is 7. The molecule has 12 rings (SSSR count). The fourth-order valence-corrected chi connectivity index (χ4v) is 10.6. The Kier molecular flexibility index (Phi) is 8.70. The molecule has 0 saturated carbocycles. The van der Waals surface area contributed by atoms with Crippen LogP contribution in [-0.4, -0.2) is 24.8 Å². The lowest BCUT2D eigenvalue weighted by molar-refractivity contribution is 1.04. The summed E-state index contributed by atoms with van der Waals surface area (Å²) in [7, 11) is 0. The van der Waals surface area contributed by atoms with Gasteiger partial charge in [0.05, 0.1) is 44.5 Å². The molecule has 11 aromatic rings. The Labute approximate surface area is 367 Å². The largest absolute Gasteiger partial charge is 0.338 e. The fraction of sp³-hybridized carbons (Fsp3) is 0.0526. The molecule has 1 N–H and O–H groups in total. The zero-order valence-electron chi connectivity index (χ0n) is 34.6. The van der Waals surface area contributed by atoms with Crippen molar-refractivity contribution in [2.75, 3.05) is 0 Å². The lowest BCUT2D eigenvalue weighted by Crippen LogP contribution is -2.30. The molecule has 0 saturated heterocycles. The summed E-state index contributed by atoms with van der Waals surface area (Å²) in [5.41, 5.74) is 18.7. The number of rotatable bonds is 7. The number of allylic oxidation sites excluding steroid dienone is 1. The van der Waals surface area contributed by atoms with Crippen LogP contribution in [0.5, 0.6) is 0 Å². The number of para-hydroxylation sites is 2. The number of thiophene rings is 1. The van der Waals surface area contributed by atoms with Crippen LogP contribution in [0.3, 0.4) is 0 Å². The highest BCUT2D eigenvalue weighted by Crippen LogP contribution is 2.39. The molecule has 4 heterocycles. The Morgan fingerprint density at radius 3 is 2.29 bits per heavy atom. The van der Waals surface area contributed by atoms with Crippen molar-refractivity contribution in [3.8, 4) is 17.1 Å². The van der Waals surface area contributed by atoms with Crippen LogP contribution in [0.25, 0.3) is 105 Å². The first-order chi connectivity index (χ1) is 31.1. The van der Waals surface area contributed by atoms with Crippen LogP contribution in [0.4, 0.5) is 0 Å². The molecule has 298 valence electrons. The molecule has 7 aromatic carbocycles. The number of aromatic nitrogens is 4. The van der Waals surface area contributed by atoms with Gasteiger partial charge in [-0.05, 0) is 50.1 Å². The van der Waals surface area contributed by atoms with Gasteiger partial charge in [-0.3, -0.25) is 0 Å². The van der Waals surface area contributed by atoms with Gasteiger partial charge >= 0.3 is 0 Å². The van der Waals surface area contributed by atoms with E-state index in [0.29, 0.717) is 5.70 Å². The molecule has 4 aromatic heterocycles. The number of fused-ring (bicyclic) bond motifs is 11. The average Bonchev–Trinajstić information content (AvgIpc) is 4.11. The number of hydrogen-bond donors (Lipinski definition) is 1. The second kappa shape index (κ2) is 14.9. The summed E-state index contributed by atoms with van der Waals surface area (Å²) in [6, 6.07) is 55.6. The molecule has 0 radical (unpaired) electrons. The third-order valence-corrected chi connectivity index (χ3v) is 13.5. The highest BCUT2D eigenvalue weighted by molar-refractivity contribution is 7.25. The highest BCUT2D eigenvalue weighted by atomic mass is 32.1. The van der Waals surface area contributed by atoms with Crippen LogP contribution in [0.1, 0.15) is 30.9 Å². The van der Waals surface area contributed by atoms with E-state index in [-0.39, 0.29) is 0 Å². The topological polar surface area (TPSA) is 50.9 Å². The number of nitrogens with zero attached hydrogens (tertiary/aromatic N) is 4. The molecule has 5 nitrogen and oxygen atoms in total. The first kappa shape index (κ1) is 36.8. The molecular weight excluding hydrogens is 787 g/mol. The van der Waals surface area contributed by atoms with Crippen LogP contribution >= 0.6 is 11.3 Å². The van der Waals surface area contributed by atoms with Crippen molar-refractivity contribution in [1.82, 2.24) is 19.1 Å². The van der Waals surface area contributed by atoms with E-state index in [0.717, 1.165) is 80.0 Å². The van der Waals surface area contributed by atoms with Gasteiger partial charge in [-0.1, -0.05) is 152 Å². The number of aromatic amines is 1. The van der Waals surface area contributed by atoms with Gasteiger partial charge in [0.2, 0.25) is 0 Å². The summed E-state index contributed by atoms with van der Waals surface area (Å²) in [4.78, 5) is 14.2. The molecule has 0 atom stereocenters. The Bertz CT molecular complexity index is 3950. The third kappa shape index (κ3) is 6.01. The van der Waals surface area contributed by atoms with Gasteiger partial charge < -0.3 is 14.1 Å². The van der Waals surface area contributed by atoms with Crippen LogP contribution in [-0.2, 0) is 0 Å². The molecule has 0 aliphatic heterocycles. The van der Waals surface area contributed by atoms with Crippen LogP contribution < -0.4 is 10.6 Å². The van der Waals surface area contributed by atoms with Crippen molar-refractivity contribution in [1.29, 1.82) is 0 Å². The van der Waals surface area contributed by atoms with Gasteiger partial charge in [0.1, 0.15) is 17.0 Å². The summed E-state index contributed by atoms with van der Waals surface area (Å²) in [6.45, 7) is 6.28. The summed E-state index contributed by atoms with van der Waals surface area (Å²) in [6.07, 6.45) is 8.77. The zero-order chi connectivity index (χ0) is 42.0. The Morgan fingerprint density at radius 1 is 0.698 bits per heavy atom. The van der Waals surface area contributed by atoms with Crippen molar-refractivity contribution in [3.05, 3.63) is 204 Å². The predicted molar refractivity (Wildman–Crippen MR) is 267 cm³/mol. The van der Waals surface area contributed by atoms with E-state index in [1.807, 2.05) is 18.2 Å². The molecule has 0 spiro atoms. The van der Waals surface area contributed by atoms with Gasteiger partial charge in [-0.25, -0.2) is 9.98 Å². The molecule has 63 heavy (non-hydrogen) atoms. The fourth-order valence-electron chi connectivity index (χ4n) is 9.48. The molecule has 0 fully saturated rings. The van der Waals surface area contributed by atoms with E-state index >= 15 is 0 Å². The molecule has 0 unspecified atom stereocenters. The smallest absolute Gasteiger partial charge is 0.138 e. The summed E-state index contributed by atoms with van der Waals surface area (Å²) >= 11 is 1.80. The second-order valence-corrected chi connectivity index (χ2v) is 17.1. The summed E-state index contributed by atoms with van der Waals surface area (Å²) in [5, 5.41) is 8.55. The van der Waals surface area contributed by atoms with Crippen LogP contribution in [0.2, 0.25) is 0 Å². The minimum atomic E-state index is 0.685. The van der Waals surface area contributed by atoms with Gasteiger partial charge in [0.25, 0.3) is 0 Å². The van der Waals surface area contributed by atoms with E-state index < -0.39 is 0 Å². The van der Waals surface area contributed by atoms with Gasteiger partial charge in [0, 0.05) is 64.3 Å². The van der Waals surface area contributed by atoms with Crippen molar-refractivity contribution < 1.29 is 0 Å². The number of nitrogens with one attached hydrogen (secondary N) is 1. The van der Waals surface area contributed by atoms with E-state index in [1.165, 1.54) is 46.9 Å². The maximum Gasteiger partial charge on any atom is 0.138 e. The number of hydrogen-bond acceptors (Lipinski definition) is 3. The van der Waals surface area contributed by atoms with Gasteiger partial charge in [0.15, 0.2) is 0 Å². The maximum atomic E-state index is 5.28. The first-order valence-electron chi connectivity index (χ1n) is 21.3. The van der Waals surface area contributed by atoms with Crippen molar-refractivity contribution in [3.63, 3.8) is 0 Å². The number of H-pyrrole nitrogens is 1. The molecule has 6 heteroatoms. The van der Waals surface area contributed by atoms with Gasteiger partial charge in [-0.15, -0.1) is 17.1 Å². The lowest BCUT2D eigenvalue weighted by atomic mass is 10.1. The minimum absolute atomic E-state index is 0.685. The van der Waals surface area contributed by atoms with Crippen LogP contribution in [0, 0.1) is 0 Å². The normalized spacial score (nSPS) is 12.7. The predicted octanol–water partition coefficient (Wildman–Crippen LogP) is 13.3. The SMILES string of the molecule is C=C=C(N=C(C=C=C(C)n1c2c(c3ccc4c5ccccc5n(-c5cccc6[nH]c(-c7ccccc7)nc56)c4c31)=CCCC=2)c1ccccc1)c1ccc2c(c1)sc1ccccc12. The maximum absolute atomic E-state index is 5.28. The van der Waals surface area contributed by atoms with E-state index in [2.05, 4.69) is 197 Å². The lowest BCUT2D eigenvalue weighted by Gasteiger charge is -2.12. The standard InChI is InChI=1S/C57H39N5S/c1-3-46(39-30-31-43-42-23-12-15-28-52(42)63-53(43)35-39)58-47(37-17-6-4-7-18-37)34-29-36(2)61-49-25-13-10-21-40(49)44-32-33-45-41-22-11-14-26-50(41)62(56(45)55(44)61)51-27-16-24-48-54(51)60-57(59-48)38-19-8-5-9-20-38/h4-9,11-12,14-28,30-35H,1,10,13H2,2H3,(H,59,60). The van der Waals surface area contributed by atoms with Gasteiger partial charge in [-0.2, -0.15) is 0 Å². The van der Waals surface area contributed by atoms with E-state index in [1.54, 1.807) is 11.3 Å². The number of aliphatic imine (C=N–C) groups is 1. The van der Waals surface area contributed by atoms with Crippen LogP contribution in [0.15, 0.2) is 187 Å². The minimum Gasteiger partial charge on any atom is -0.338 e. The highest BCUT2D eigenvalue weighted by Gasteiger charge is 2.22. The van der Waals surface area contributed by atoms with Crippen molar-refractivity contribution in [2.45, 2.75) is 19.8 Å². The Morgan fingerprint density at radius 2 is 1.43 bits per heavy atom.